The minimum atomic E-state index is 0.505. The van der Waals surface area contributed by atoms with E-state index in [-0.39, 0.29) is 0 Å². The van der Waals surface area contributed by atoms with Crippen LogP contribution < -0.4 is 0 Å². The molecule has 0 saturated heterocycles. The molecule has 0 radical (unpaired) electrons. The highest BCUT2D eigenvalue weighted by atomic mass is 16.1. The highest BCUT2D eigenvalue weighted by molar-refractivity contribution is 5.95. The molecular formula is C16H14N2O. The van der Waals surface area contributed by atoms with Gasteiger partial charge in [-0.25, -0.2) is 4.98 Å². The van der Waals surface area contributed by atoms with Crippen molar-refractivity contribution in [3.8, 4) is 11.4 Å². The van der Waals surface area contributed by atoms with Gasteiger partial charge >= 0.3 is 0 Å². The zero-order chi connectivity index (χ0) is 13.2. The number of H-pyrrole nitrogens is 1. The predicted molar refractivity (Wildman–Crippen MR) is 76.3 cm³/mol. The van der Waals surface area contributed by atoms with Gasteiger partial charge < -0.3 is 4.98 Å². The van der Waals surface area contributed by atoms with Crippen molar-refractivity contribution in [2.24, 2.45) is 0 Å². The fourth-order valence-corrected chi connectivity index (χ4v) is 2.35. The first-order valence-corrected chi connectivity index (χ1v) is 6.35. The van der Waals surface area contributed by atoms with E-state index in [2.05, 4.69) is 28.2 Å². The van der Waals surface area contributed by atoms with Crippen molar-refractivity contribution in [3.05, 3.63) is 53.9 Å². The summed E-state index contributed by atoms with van der Waals surface area (Å²) in [5, 5.41) is 2.31. The number of carbonyl (C=O) groups excluding carboxylic acids is 1. The number of carbonyl (C=O) groups is 1. The number of nitrogens with zero attached hydrogens (tertiary/aromatic N) is 1. The Kier molecular flexibility index (Phi) is 2.88. The van der Waals surface area contributed by atoms with Crippen LogP contribution >= 0.6 is 0 Å². The number of hydrogen-bond acceptors (Lipinski definition) is 2. The summed E-state index contributed by atoms with van der Waals surface area (Å²) in [6.07, 6.45) is 1.58. The lowest BCUT2D eigenvalue weighted by Crippen LogP contribution is -1.87. The van der Waals surface area contributed by atoms with Crippen LogP contribution in [0.2, 0.25) is 0 Å². The fraction of sp³-hybridized carbons (Fsp3) is 0.125. The monoisotopic (exact) mass is 250 g/mol. The Morgan fingerprint density at radius 3 is 2.68 bits per heavy atom. The molecule has 3 heteroatoms. The normalized spacial score (nSPS) is 10.8. The van der Waals surface area contributed by atoms with Crippen LogP contribution in [0.15, 0.2) is 42.5 Å². The SMILES string of the molecule is CCc1[nH]c(-c2cccc3ccccc23)nc1C=O. The van der Waals surface area contributed by atoms with E-state index in [9.17, 15) is 4.79 Å². The maximum atomic E-state index is 11.0. The number of fused-ring (bicyclic) bond motifs is 1. The van der Waals surface area contributed by atoms with Crippen molar-refractivity contribution >= 4 is 17.1 Å². The molecule has 0 spiro atoms. The van der Waals surface area contributed by atoms with Crippen LogP contribution in [0, 0.1) is 0 Å². The van der Waals surface area contributed by atoms with Crippen molar-refractivity contribution in [2.75, 3.05) is 0 Å². The maximum absolute atomic E-state index is 11.0. The van der Waals surface area contributed by atoms with Crippen LogP contribution in [-0.2, 0) is 6.42 Å². The van der Waals surface area contributed by atoms with E-state index in [1.165, 1.54) is 5.39 Å². The van der Waals surface area contributed by atoms with E-state index in [1.54, 1.807) is 0 Å². The molecule has 0 aliphatic heterocycles. The summed E-state index contributed by atoms with van der Waals surface area (Å²) < 4.78 is 0. The van der Waals surface area contributed by atoms with Crippen molar-refractivity contribution in [3.63, 3.8) is 0 Å². The molecule has 0 amide bonds. The molecule has 0 bridgehead atoms. The molecule has 1 N–H and O–H groups in total. The Morgan fingerprint density at radius 2 is 1.95 bits per heavy atom. The molecule has 0 aliphatic rings. The Hall–Kier alpha value is -2.42. The van der Waals surface area contributed by atoms with Crippen LogP contribution in [0.25, 0.3) is 22.2 Å². The molecule has 3 nitrogen and oxygen atoms in total. The summed E-state index contributed by atoms with van der Waals surface area (Å²) >= 11 is 0. The van der Waals surface area contributed by atoms with Crippen LogP contribution in [0.5, 0.6) is 0 Å². The first-order valence-electron chi connectivity index (χ1n) is 6.35. The Balaban J connectivity index is 2.24. The number of aryl methyl sites for hydroxylation is 1. The van der Waals surface area contributed by atoms with Gasteiger partial charge in [0.2, 0.25) is 0 Å². The zero-order valence-electron chi connectivity index (χ0n) is 10.7. The first-order chi connectivity index (χ1) is 9.33. The van der Waals surface area contributed by atoms with Crippen molar-refractivity contribution < 1.29 is 4.79 Å². The summed E-state index contributed by atoms with van der Waals surface area (Å²) in [5.41, 5.74) is 2.42. The minimum absolute atomic E-state index is 0.505. The summed E-state index contributed by atoms with van der Waals surface area (Å²) in [6, 6.07) is 14.3. The van der Waals surface area contributed by atoms with Gasteiger partial charge in [-0.3, -0.25) is 4.79 Å². The number of rotatable bonds is 3. The number of aromatic nitrogens is 2. The largest absolute Gasteiger partial charge is 0.341 e. The topological polar surface area (TPSA) is 45.8 Å². The molecule has 19 heavy (non-hydrogen) atoms. The number of imidazole rings is 1. The lowest BCUT2D eigenvalue weighted by molar-refractivity contribution is 0.111. The van der Waals surface area contributed by atoms with E-state index in [0.717, 1.165) is 35.2 Å². The van der Waals surface area contributed by atoms with Crippen molar-refractivity contribution in [1.82, 2.24) is 9.97 Å². The van der Waals surface area contributed by atoms with Gasteiger partial charge in [0.1, 0.15) is 11.5 Å². The molecule has 94 valence electrons. The van der Waals surface area contributed by atoms with E-state index in [1.807, 2.05) is 31.2 Å². The van der Waals surface area contributed by atoms with Crippen molar-refractivity contribution in [1.29, 1.82) is 0 Å². The third-order valence-electron chi connectivity index (χ3n) is 3.32. The van der Waals surface area contributed by atoms with E-state index < -0.39 is 0 Å². The second-order valence-electron chi connectivity index (χ2n) is 4.45. The molecule has 3 rings (SSSR count). The molecule has 0 unspecified atom stereocenters. The van der Waals surface area contributed by atoms with Gasteiger partial charge in [-0.2, -0.15) is 0 Å². The molecule has 3 aromatic rings. The average Bonchev–Trinajstić information content (AvgIpc) is 2.89. The number of nitrogens with one attached hydrogen (secondary N) is 1. The van der Waals surface area contributed by atoms with Crippen LogP contribution in [0.1, 0.15) is 23.1 Å². The molecule has 0 saturated carbocycles. The summed E-state index contributed by atoms with van der Waals surface area (Å²) in [5.74, 6) is 0.760. The molecule has 1 heterocycles. The number of hydrogen-bond donors (Lipinski definition) is 1. The average molecular weight is 250 g/mol. The number of benzene rings is 2. The fourth-order valence-electron chi connectivity index (χ4n) is 2.35. The molecule has 0 fully saturated rings. The predicted octanol–water partition coefficient (Wildman–Crippen LogP) is 3.60. The third kappa shape index (κ3) is 1.93. The number of aromatic amines is 1. The molecule has 1 aromatic heterocycles. The van der Waals surface area contributed by atoms with Crippen LogP contribution in [0.3, 0.4) is 0 Å². The quantitative estimate of drug-likeness (QED) is 0.722. The lowest BCUT2D eigenvalue weighted by atomic mass is 10.0. The smallest absolute Gasteiger partial charge is 0.170 e. The zero-order valence-corrected chi connectivity index (χ0v) is 10.7. The summed E-state index contributed by atoms with van der Waals surface area (Å²) in [6.45, 7) is 2.01. The van der Waals surface area contributed by atoms with Gasteiger partial charge in [-0.05, 0) is 17.2 Å². The molecule has 0 atom stereocenters. The van der Waals surface area contributed by atoms with E-state index >= 15 is 0 Å². The van der Waals surface area contributed by atoms with Gasteiger partial charge in [-0.15, -0.1) is 0 Å². The van der Waals surface area contributed by atoms with Crippen LogP contribution in [-0.4, -0.2) is 16.3 Å². The lowest BCUT2D eigenvalue weighted by Gasteiger charge is -2.03. The third-order valence-corrected chi connectivity index (χ3v) is 3.32. The van der Waals surface area contributed by atoms with Gasteiger partial charge in [0.25, 0.3) is 0 Å². The highest BCUT2D eigenvalue weighted by Gasteiger charge is 2.11. The first kappa shape index (κ1) is 11.7. The standard InChI is InChI=1S/C16H14N2O/c1-2-14-15(10-19)18-16(17-14)13-9-5-7-11-6-3-4-8-12(11)13/h3-10H,2H2,1H3,(H,17,18). The highest BCUT2D eigenvalue weighted by Crippen LogP contribution is 2.27. The van der Waals surface area contributed by atoms with Gasteiger partial charge in [0, 0.05) is 11.3 Å². The molecule has 0 aliphatic carbocycles. The van der Waals surface area contributed by atoms with E-state index in [4.69, 9.17) is 0 Å². The Morgan fingerprint density at radius 1 is 1.16 bits per heavy atom. The summed E-state index contributed by atoms with van der Waals surface area (Å²) in [7, 11) is 0. The van der Waals surface area contributed by atoms with Crippen LogP contribution in [0.4, 0.5) is 0 Å². The maximum Gasteiger partial charge on any atom is 0.170 e. The Labute approximate surface area is 111 Å². The molecular weight excluding hydrogens is 236 g/mol. The minimum Gasteiger partial charge on any atom is -0.341 e. The second kappa shape index (κ2) is 4.69. The molecule has 2 aromatic carbocycles. The van der Waals surface area contributed by atoms with E-state index in [0.29, 0.717) is 5.69 Å². The summed E-state index contributed by atoms with van der Waals surface area (Å²) in [4.78, 5) is 18.7. The number of aldehydes is 1. The van der Waals surface area contributed by atoms with Gasteiger partial charge in [-0.1, -0.05) is 49.4 Å². The van der Waals surface area contributed by atoms with Gasteiger partial charge in [0.15, 0.2) is 6.29 Å². The Bertz CT molecular complexity index is 738. The van der Waals surface area contributed by atoms with Crippen molar-refractivity contribution in [2.45, 2.75) is 13.3 Å². The second-order valence-corrected chi connectivity index (χ2v) is 4.45. The van der Waals surface area contributed by atoms with Gasteiger partial charge in [0.05, 0.1) is 0 Å².